The summed E-state index contributed by atoms with van der Waals surface area (Å²) in [6.45, 7) is 3.81. The Hall–Kier alpha value is -2.19. The van der Waals surface area contributed by atoms with Crippen LogP contribution >= 0.6 is 46.8 Å². The molecule has 9 heteroatoms. The Bertz CT molecular complexity index is 1440. The topological polar surface area (TPSA) is 55.5 Å². The van der Waals surface area contributed by atoms with Crippen molar-refractivity contribution in [1.82, 2.24) is 14.3 Å². The Morgan fingerprint density at radius 3 is 2.65 bits per heavy atom. The largest absolute Gasteiger partial charge is 0.352 e. The van der Waals surface area contributed by atoms with Gasteiger partial charge in [-0.05, 0) is 55.4 Å². The minimum Gasteiger partial charge on any atom is -0.352 e. The Morgan fingerprint density at radius 1 is 1.19 bits per heavy atom. The van der Waals surface area contributed by atoms with Crippen LogP contribution in [0.4, 0.5) is 0 Å². The Balaban J connectivity index is 2.05. The Morgan fingerprint density at radius 2 is 1.94 bits per heavy atom. The molecule has 0 bridgehead atoms. The molecule has 2 aromatic heterocycles. The number of fused-ring (bicyclic) bond motifs is 3. The fourth-order valence-corrected chi connectivity index (χ4v) is 5.17. The SMILES string of the molecule is CC[C@H](C)NC(=O)Cn1c(=O)c2ccccc2n2c(=S)sc(-c3ccc(Cl)c(Cl)c3)c12. The van der Waals surface area contributed by atoms with Crippen molar-refractivity contribution in [3.05, 3.63) is 66.8 Å². The summed E-state index contributed by atoms with van der Waals surface area (Å²) in [5, 5.41) is 4.27. The third kappa shape index (κ3) is 4.03. The molecule has 0 saturated carbocycles. The van der Waals surface area contributed by atoms with Gasteiger partial charge >= 0.3 is 0 Å². The van der Waals surface area contributed by atoms with Gasteiger partial charge in [-0.2, -0.15) is 0 Å². The molecule has 2 heterocycles. The van der Waals surface area contributed by atoms with Gasteiger partial charge in [0.05, 0.1) is 25.8 Å². The highest BCUT2D eigenvalue weighted by Crippen LogP contribution is 2.36. The van der Waals surface area contributed by atoms with Gasteiger partial charge in [-0.1, -0.05) is 48.3 Å². The third-order valence-electron chi connectivity index (χ3n) is 5.17. The zero-order chi connectivity index (χ0) is 22.3. The van der Waals surface area contributed by atoms with Crippen LogP contribution in [0.2, 0.25) is 10.0 Å². The lowest BCUT2D eigenvalue weighted by atomic mass is 10.2. The van der Waals surface area contributed by atoms with Gasteiger partial charge in [0.1, 0.15) is 12.2 Å². The molecule has 1 N–H and O–H groups in total. The number of hydrogen-bond acceptors (Lipinski definition) is 4. The van der Waals surface area contributed by atoms with Gasteiger partial charge in [0.25, 0.3) is 5.56 Å². The minimum atomic E-state index is -0.246. The molecule has 1 atom stereocenters. The highest BCUT2D eigenvalue weighted by atomic mass is 35.5. The fraction of sp³-hybridized carbons (Fsp3) is 0.227. The Kier molecular flexibility index (Phi) is 6.21. The molecule has 5 nitrogen and oxygen atoms in total. The summed E-state index contributed by atoms with van der Waals surface area (Å²) in [6, 6.07) is 12.6. The second kappa shape index (κ2) is 8.74. The first-order valence-electron chi connectivity index (χ1n) is 9.73. The average molecular weight is 492 g/mol. The van der Waals surface area contributed by atoms with Crippen LogP contribution in [0.25, 0.3) is 27.0 Å². The van der Waals surface area contributed by atoms with Crippen molar-refractivity contribution < 1.29 is 4.79 Å². The molecular formula is C22H19Cl2N3O2S2. The van der Waals surface area contributed by atoms with Crippen LogP contribution < -0.4 is 10.9 Å². The fourth-order valence-electron chi connectivity index (χ4n) is 3.45. The number of benzene rings is 2. The van der Waals surface area contributed by atoms with Gasteiger partial charge < -0.3 is 5.32 Å². The maximum absolute atomic E-state index is 13.4. The molecule has 2 aromatic carbocycles. The van der Waals surface area contributed by atoms with Crippen LogP contribution in [0, 0.1) is 3.95 Å². The zero-order valence-electron chi connectivity index (χ0n) is 16.8. The highest BCUT2D eigenvalue weighted by Gasteiger charge is 2.20. The van der Waals surface area contributed by atoms with Gasteiger partial charge in [0.15, 0.2) is 3.95 Å². The molecule has 0 aliphatic rings. The monoisotopic (exact) mass is 491 g/mol. The molecule has 31 heavy (non-hydrogen) atoms. The van der Waals surface area contributed by atoms with Crippen LogP contribution in [-0.4, -0.2) is 20.9 Å². The smallest absolute Gasteiger partial charge is 0.262 e. The van der Waals surface area contributed by atoms with E-state index in [0.717, 1.165) is 16.9 Å². The van der Waals surface area contributed by atoms with E-state index in [4.69, 9.17) is 35.4 Å². The number of amides is 1. The van der Waals surface area contributed by atoms with Crippen LogP contribution in [0.15, 0.2) is 47.3 Å². The molecule has 0 aliphatic carbocycles. The number of hydrogen-bond donors (Lipinski definition) is 1. The summed E-state index contributed by atoms with van der Waals surface area (Å²) in [5.41, 5.74) is 1.80. The molecular weight excluding hydrogens is 473 g/mol. The second-order valence-corrected chi connectivity index (χ2v) is 9.73. The second-order valence-electron chi connectivity index (χ2n) is 7.27. The number of aromatic nitrogens is 2. The summed E-state index contributed by atoms with van der Waals surface area (Å²) >= 11 is 19.4. The first kappa shape index (κ1) is 22.0. The van der Waals surface area contributed by atoms with Crippen molar-refractivity contribution in [3.8, 4) is 10.4 Å². The van der Waals surface area contributed by atoms with E-state index in [1.54, 1.807) is 24.3 Å². The quantitative estimate of drug-likeness (QED) is 0.351. The van der Waals surface area contributed by atoms with Crippen LogP contribution in [0.1, 0.15) is 20.3 Å². The number of nitrogens with zero attached hydrogens (tertiary/aromatic N) is 2. The van der Waals surface area contributed by atoms with Crippen LogP contribution in [0.3, 0.4) is 0 Å². The summed E-state index contributed by atoms with van der Waals surface area (Å²) in [7, 11) is 0. The number of para-hydroxylation sites is 1. The standard InChI is InChI=1S/C22H19Cl2N3O2S2/c1-3-12(2)25-18(28)11-26-20-19(13-8-9-15(23)16(24)10-13)31-22(30)27(20)17-7-5-4-6-14(17)21(26)29/h4-10,12H,3,11H2,1-2H3,(H,25,28)/t12-/m0/s1. The van der Waals surface area contributed by atoms with Gasteiger partial charge in [-0.15, -0.1) is 11.3 Å². The number of carbonyl (C=O) groups excluding carboxylic acids is 1. The molecule has 0 saturated heterocycles. The number of nitrogens with one attached hydrogen (secondary N) is 1. The van der Waals surface area contributed by atoms with Gasteiger partial charge in [-0.25, -0.2) is 0 Å². The van der Waals surface area contributed by atoms with E-state index in [2.05, 4.69) is 5.32 Å². The number of carbonyl (C=O) groups is 1. The predicted molar refractivity (Wildman–Crippen MR) is 131 cm³/mol. The summed E-state index contributed by atoms with van der Waals surface area (Å²) < 4.78 is 3.92. The van der Waals surface area contributed by atoms with E-state index in [0.29, 0.717) is 30.5 Å². The van der Waals surface area contributed by atoms with E-state index < -0.39 is 0 Å². The summed E-state index contributed by atoms with van der Waals surface area (Å²) in [4.78, 5) is 26.9. The summed E-state index contributed by atoms with van der Waals surface area (Å²) in [6.07, 6.45) is 0.797. The lowest BCUT2D eigenvalue weighted by Crippen LogP contribution is -2.37. The molecule has 0 spiro atoms. The van der Waals surface area contributed by atoms with Gasteiger partial charge in [0.2, 0.25) is 5.91 Å². The van der Waals surface area contributed by atoms with Gasteiger partial charge in [-0.3, -0.25) is 18.6 Å². The maximum atomic E-state index is 13.4. The number of thiazole rings is 1. The zero-order valence-corrected chi connectivity index (χ0v) is 20.0. The average Bonchev–Trinajstić information content (AvgIpc) is 3.10. The van der Waals surface area contributed by atoms with Crippen molar-refractivity contribution in [2.75, 3.05) is 0 Å². The van der Waals surface area contributed by atoms with E-state index in [1.165, 1.54) is 15.9 Å². The Labute approximate surface area is 197 Å². The van der Waals surface area contributed by atoms with Crippen LogP contribution in [0.5, 0.6) is 0 Å². The van der Waals surface area contributed by atoms with Gasteiger partial charge in [0, 0.05) is 6.04 Å². The molecule has 0 unspecified atom stereocenters. The maximum Gasteiger partial charge on any atom is 0.262 e. The van der Waals surface area contributed by atoms with Crippen LogP contribution in [-0.2, 0) is 11.3 Å². The van der Waals surface area contributed by atoms with Crippen molar-refractivity contribution >= 4 is 69.2 Å². The first-order valence-corrected chi connectivity index (χ1v) is 11.7. The van der Waals surface area contributed by atoms with E-state index in [-0.39, 0.29) is 24.1 Å². The summed E-state index contributed by atoms with van der Waals surface area (Å²) in [5.74, 6) is -0.231. The van der Waals surface area contributed by atoms with Crippen molar-refractivity contribution in [1.29, 1.82) is 0 Å². The van der Waals surface area contributed by atoms with Crippen molar-refractivity contribution in [3.63, 3.8) is 0 Å². The molecule has 1 amide bonds. The minimum absolute atomic E-state index is 0.0123. The number of halogens is 2. The molecule has 160 valence electrons. The third-order valence-corrected chi connectivity index (χ3v) is 7.32. The van der Waals surface area contributed by atoms with E-state index in [9.17, 15) is 9.59 Å². The molecule has 0 fully saturated rings. The first-order chi connectivity index (χ1) is 14.8. The lowest BCUT2D eigenvalue weighted by molar-refractivity contribution is -0.122. The van der Waals surface area contributed by atoms with Crippen molar-refractivity contribution in [2.45, 2.75) is 32.9 Å². The number of rotatable bonds is 5. The predicted octanol–water partition coefficient (Wildman–Crippen LogP) is 5.93. The highest BCUT2D eigenvalue weighted by molar-refractivity contribution is 7.73. The normalized spacial score (nSPS) is 12.4. The molecule has 4 aromatic rings. The molecule has 0 radical (unpaired) electrons. The molecule has 0 aliphatic heterocycles. The van der Waals surface area contributed by atoms with E-state index >= 15 is 0 Å². The lowest BCUT2D eigenvalue weighted by Gasteiger charge is -2.15. The molecule has 4 rings (SSSR count). The van der Waals surface area contributed by atoms with E-state index in [1.807, 2.05) is 36.4 Å². The van der Waals surface area contributed by atoms with Crippen molar-refractivity contribution in [2.24, 2.45) is 0 Å².